The van der Waals surface area contributed by atoms with Crippen molar-refractivity contribution in [1.29, 1.82) is 0 Å². The molecule has 0 saturated carbocycles. The van der Waals surface area contributed by atoms with Crippen LogP contribution in [0.15, 0.2) is 5.16 Å². The number of rotatable bonds is 6. The molecule has 0 amide bonds. The maximum atomic E-state index is 11.5. The molecule has 2 N–H and O–H groups in total. The number of esters is 1. The van der Waals surface area contributed by atoms with Crippen LogP contribution in [0, 0.1) is 0 Å². The van der Waals surface area contributed by atoms with E-state index in [1.165, 1.54) is 11.7 Å². The number of carboxylic acid groups (broad SMARTS) is 1. The van der Waals surface area contributed by atoms with E-state index in [0.717, 1.165) is 11.8 Å². The molecular formula is C9H13N3O5S. The number of aliphatic hydroxyl groups excluding tert-OH is 1. The zero-order chi connectivity index (χ0) is 13.7. The number of hydrogen-bond acceptors (Lipinski definition) is 7. The van der Waals surface area contributed by atoms with Crippen molar-refractivity contribution >= 4 is 23.7 Å². The first kappa shape index (κ1) is 14.5. The zero-order valence-corrected chi connectivity index (χ0v) is 10.7. The summed E-state index contributed by atoms with van der Waals surface area (Å²) in [5, 5.41) is 25.4. The van der Waals surface area contributed by atoms with Gasteiger partial charge in [0, 0.05) is 0 Å². The largest absolute Gasteiger partial charge is 0.481 e. The van der Waals surface area contributed by atoms with Gasteiger partial charge >= 0.3 is 11.9 Å². The molecule has 0 aromatic carbocycles. The lowest BCUT2D eigenvalue weighted by molar-refractivity contribution is -0.144. The minimum absolute atomic E-state index is 0.181. The number of aliphatic hydroxyl groups is 1. The topological polar surface area (TPSA) is 115 Å². The molecule has 0 fully saturated rings. The van der Waals surface area contributed by atoms with Gasteiger partial charge in [-0.3, -0.25) is 9.36 Å². The van der Waals surface area contributed by atoms with Gasteiger partial charge in [-0.15, -0.1) is 10.2 Å². The number of ether oxygens (including phenoxy) is 1. The highest BCUT2D eigenvalue weighted by atomic mass is 32.2. The summed E-state index contributed by atoms with van der Waals surface area (Å²) in [6.45, 7) is 1.15. The monoisotopic (exact) mass is 275 g/mol. The molecule has 0 bridgehead atoms. The molecule has 0 spiro atoms. The van der Waals surface area contributed by atoms with Gasteiger partial charge in [-0.2, -0.15) is 0 Å². The first-order chi connectivity index (χ1) is 8.51. The van der Waals surface area contributed by atoms with Gasteiger partial charge in [0.05, 0.1) is 12.9 Å². The summed E-state index contributed by atoms with van der Waals surface area (Å²) in [5.74, 6) is -1.56. The Hall–Kier alpha value is -1.61. The van der Waals surface area contributed by atoms with E-state index in [0.29, 0.717) is 0 Å². The Labute approximate surface area is 107 Å². The van der Waals surface area contributed by atoms with Gasteiger partial charge in [0.15, 0.2) is 11.0 Å². The van der Waals surface area contributed by atoms with E-state index >= 15 is 0 Å². The zero-order valence-electron chi connectivity index (χ0n) is 9.86. The van der Waals surface area contributed by atoms with Crippen LogP contribution in [0.25, 0.3) is 0 Å². The molecule has 1 rings (SSSR count). The highest BCUT2D eigenvalue weighted by Gasteiger charge is 2.23. The second-order valence-electron chi connectivity index (χ2n) is 3.31. The molecule has 1 aromatic rings. The van der Waals surface area contributed by atoms with E-state index < -0.39 is 24.6 Å². The molecule has 0 radical (unpaired) electrons. The van der Waals surface area contributed by atoms with Gasteiger partial charge in [-0.05, 0) is 6.92 Å². The van der Waals surface area contributed by atoms with Crippen molar-refractivity contribution in [2.45, 2.75) is 24.7 Å². The molecule has 0 aliphatic heterocycles. The summed E-state index contributed by atoms with van der Waals surface area (Å²) >= 11 is 0.918. The standard InChI is InChI=1S/C9H13N3O5S/c1-5(8(16)17-2)12-6(3-13)10-11-9(12)18-4-7(14)15/h5,13H,3-4H2,1-2H3,(H,14,15). The maximum absolute atomic E-state index is 11.5. The van der Waals surface area contributed by atoms with Crippen LogP contribution >= 0.6 is 11.8 Å². The number of carbonyl (C=O) groups is 2. The number of hydrogen-bond donors (Lipinski definition) is 2. The van der Waals surface area contributed by atoms with E-state index in [9.17, 15) is 9.59 Å². The van der Waals surface area contributed by atoms with Crippen LogP contribution in [0.4, 0.5) is 0 Å². The average molecular weight is 275 g/mol. The van der Waals surface area contributed by atoms with Crippen molar-refractivity contribution in [2.75, 3.05) is 12.9 Å². The highest BCUT2D eigenvalue weighted by Crippen LogP contribution is 2.22. The van der Waals surface area contributed by atoms with Crippen LogP contribution in [0.2, 0.25) is 0 Å². The molecule has 1 aromatic heterocycles. The van der Waals surface area contributed by atoms with Crippen LogP contribution in [-0.4, -0.2) is 49.8 Å². The summed E-state index contributed by atoms with van der Waals surface area (Å²) in [4.78, 5) is 22.0. The molecule has 1 atom stereocenters. The van der Waals surface area contributed by atoms with Gasteiger partial charge in [-0.1, -0.05) is 11.8 Å². The Morgan fingerprint density at radius 2 is 2.17 bits per heavy atom. The fraction of sp³-hybridized carbons (Fsp3) is 0.556. The van der Waals surface area contributed by atoms with E-state index in [4.69, 9.17) is 10.2 Å². The minimum atomic E-state index is -1.01. The quantitative estimate of drug-likeness (QED) is 0.536. The predicted molar refractivity (Wildman–Crippen MR) is 61.0 cm³/mol. The van der Waals surface area contributed by atoms with Gasteiger partial charge in [-0.25, -0.2) is 4.79 Å². The second kappa shape index (κ2) is 6.36. The molecule has 1 unspecified atom stereocenters. The van der Waals surface area contributed by atoms with Crippen LogP contribution in [0.1, 0.15) is 18.8 Å². The fourth-order valence-electron chi connectivity index (χ4n) is 1.30. The number of aromatic nitrogens is 3. The van der Waals surface area contributed by atoms with Crippen LogP contribution in [-0.2, 0) is 20.9 Å². The van der Waals surface area contributed by atoms with E-state index in [1.54, 1.807) is 6.92 Å². The van der Waals surface area contributed by atoms with Crippen molar-refractivity contribution in [3.63, 3.8) is 0 Å². The molecule has 0 saturated heterocycles. The summed E-state index contributed by atoms with van der Waals surface area (Å²) in [7, 11) is 1.24. The number of carbonyl (C=O) groups excluding carboxylic acids is 1. The number of methoxy groups -OCH3 is 1. The molecule has 9 heteroatoms. The normalized spacial score (nSPS) is 12.2. The van der Waals surface area contributed by atoms with Crippen molar-refractivity contribution in [3.05, 3.63) is 5.82 Å². The SMILES string of the molecule is COC(=O)C(C)n1c(CO)nnc1SCC(=O)O. The summed E-state index contributed by atoms with van der Waals surface area (Å²) in [6.07, 6.45) is 0. The van der Waals surface area contributed by atoms with Gasteiger partial charge in [0.1, 0.15) is 12.6 Å². The molecule has 18 heavy (non-hydrogen) atoms. The van der Waals surface area contributed by atoms with Gasteiger partial charge in [0.2, 0.25) is 0 Å². The number of carboxylic acids is 1. The lowest BCUT2D eigenvalue weighted by atomic mass is 10.3. The van der Waals surface area contributed by atoms with Crippen molar-refractivity contribution in [2.24, 2.45) is 0 Å². The number of aliphatic carboxylic acids is 1. The second-order valence-corrected chi connectivity index (χ2v) is 4.25. The molecule has 0 aliphatic carbocycles. The third-order valence-electron chi connectivity index (χ3n) is 2.13. The lowest BCUT2D eigenvalue weighted by Crippen LogP contribution is -2.21. The lowest BCUT2D eigenvalue weighted by Gasteiger charge is -2.14. The van der Waals surface area contributed by atoms with E-state index in [2.05, 4.69) is 14.9 Å². The Bertz CT molecular complexity index is 447. The first-order valence-electron chi connectivity index (χ1n) is 4.98. The van der Waals surface area contributed by atoms with Crippen molar-refractivity contribution in [1.82, 2.24) is 14.8 Å². The summed E-state index contributed by atoms with van der Waals surface area (Å²) in [5.41, 5.74) is 0. The number of nitrogens with zero attached hydrogens (tertiary/aromatic N) is 3. The van der Waals surface area contributed by atoms with E-state index in [-0.39, 0.29) is 16.7 Å². The van der Waals surface area contributed by atoms with Gasteiger partial charge < -0.3 is 14.9 Å². The van der Waals surface area contributed by atoms with Crippen LogP contribution < -0.4 is 0 Å². The smallest absolute Gasteiger partial charge is 0.328 e. The van der Waals surface area contributed by atoms with Crippen LogP contribution in [0.3, 0.4) is 0 Å². The molecular weight excluding hydrogens is 262 g/mol. The Morgan fingerprint density at radius 1 is 1.50 bits per heavy atom. The van der Waals surface area contributed by atoms with Gasteiger partial charge in [0.25, 0.3) is 0 Å². The summed E-state index contributed by atoms with van der Waals surface area (Å²) in [6, 6.07) is -0.733. The highest BCUT2D eigenvalue weighted by molar-refractivity contribution is 7.99. The Kier molecular flexibility index (Phi) is 5.10. The fourth-order valence-corrected chi connectivity index (χ4v) is 2.06. The van der Waals surface area contributed by atoms with Crippen molar-refractivity contribution in [3.8, 4) is 0 Å². The molecule has 100 valence electrons. The molecule has 8 nitrogen and oxygen atoms in total. The first-order valence-corrected chi connectivity index (χ1v) is 5.96. The number of thioether (sulfide) groups is 1. The van der Waals surface area contributed by atoms with Crippen molar-refractivity contribution < 1.29 is 24.5 Å². The summed E-state index contributed by atoms with van der Waals surface area (Å²) < 4.78 is 5.95. The third kappa shape index (κ3) is 3.20. The molecule has 0 aliphatic rings. The van der Waals surface area contributed by atoms with E-state index in [1.807, 2.05) is 0 Å². The minimum Gasteiger partial charge on any atom is -0.481 e. The van der Waals surface area contributed by atoms with Crippen LogP contribution in [0.5, 0.6) is 0 Å². The Balaban J connectivity index is 3.01. The average Bonchev–Trinajstić information content (AvgIpc) is 2.77. The maximum Gasteiger partial charge on any atom is 0.328 e. The Morgan fingerprint density at radius 3 is 2.67 bits per heavy atom. The predicted octanol–water partition coefficient (Wildman–Crippen LogP) is -0.319. The molecule has 1 heterocycles. The third-order valence-corrected chi connectivity index (χ3v) is 3.06.